The molecule has 1 aromatic heterocycles. The maximum atomic E-state index is 11.9. The number of carbonyl (C=O) groups is 1. The minimum Gasteiger partial charge on any atom is -0.360 e. The number of nitrogens with one attached hydrogen (secondary N) is 1. The van der Waals surface area contributed by atoms with Gasteiger partial charge in [0.2, 0.25) is 5.91 Å². The molecule has 0 spiro atoms. The standard InChI is InChI=1S/C12H20N4O2.ClH/c1-9-6-11(15-18-9)14-12(17)8-16-5-3-2-4-10(16)7-13;/h6,10H,2-5,7-8,13H2,1H3,(H,14,15,17);1H. The van der Waals surface area contributed by atoms with Crippen LogP contribution in [0.5, 0.6) is 0 Å². The summed E-state index contributed by atoms with van der Waals surface area (Å²) in [4.78, 5) is 14.0. The van der Waals surface area contributed by atoms with Crippen molar-refractivity contribution in [2.75, 3.05) is 25.0 Å². The molecule has 0 saturated carbocycles. The number of anilines is 1. The normalized spacial score (nSPS) is 19.8. The average molecular weight is 289 g/mol. The van der Waals surface area contributed by atoms with Gasteiger partial charge in [-0.15, -0.1) is 12.4 Å². The Hall–Kier alpha value is -1.11. The number of hydrogen-bond acceptors (Lipinski definition) is 5. The lowest BCUT2D eigenvalue weighted by Gasteiger charge is -2.34. The number of halogens is 1. The quantitative estimate of drug-likeness (QED) is 0.868. The fourth-order valence-electron chi connectivity index (χ4n) is 2.33. The number of aryl methyl sites for hydroxylation is 1. The topological polar surface area (TPSA) is 84.4 Å². The zero-order valence-corrected chi connectivity index (χ0v) is 11.9. The molecule has 1 aliphatic rings. The molecule has 0 aliphatic carbocycles. The van der Waals surface area contributed by atoms with E-state index in [1.165, 1.54) is 6.42 Å². The maximum absolute atomic E-state index is 11.9. The highest BCUT2D eigenvalue weighted by atomic mass is 35.5. The Morgan fingerprint density at radius 3 is 3.05 bits per heavy atom. The van der Waals surface area contributed by atoms with Crippen molar-refractivity contribution in [1.29, 1.82) is 0 Å². The van der Waals surface area contributed by atoms with Gasteiger partial charge in [0, 0.05) is 18.7 Å². The minimum atomic E-state index is -0.0661. The molecule has 6 nitrogen and oxygen atoms in total. The number of aromatic nitrogens is 1. The molecule has 3 N–H and O–H groups in total. The SMILES string of the molecule is Cc1cc(NC(=O)CN2CCCCC2CN)no1.Cl. The molecule has 0 bridgehead atoms. The lowest BCUT2D eigenvalue weighted by molar-refractivity contribution is -0.118. The molecule has 2 rings (SSSR count). The van der Waals surface area contributed by atoms with Crippen LogP contribution in [0.25, 0.3) is 0 Å². The van der Waals surface area contributed by atoms with E-state index in [-0.39, 0.29) is 18.3 Å². The molecular weight excluding hydrogens is 268 g/mol. The van der Waals surface area contributed by atoms with Crippen LogP contribution >= 0.6 is 12.4 Å². The summed E-state index contributed by atoms with van der Waals surface area (Å²) in [5.74, 6) is 1.09. The number of amides is 1. The monoisotopic (exact) mass is 288 g/mol. The van der Waals surface area contributed by atoms with Gasteiger partial charge in [0.1, 0.15) is 5.76 Å². The highest BCUT2D eigenvalue weighted by Gasteiger charge is 2.23. The van der Waals surface area contributed by atoms with Gasteiger partial charge in [0.05, 0.1) is 6.54 Å². The molecule has 2 heterocycles. The van der Waals surface area contributed by atoms with Gasteiger partial charge < -0.3 is 15.6 Å². The summed E-state index contributed by atoms with van der Waals surface area (Å²) in [5.41, 5.74) is 5.72. The van der Waals surface area contributed by atoms with Crippen LogP contribution in [0.1, 0.15) is 25.0 Å². The number of piperidine rings is 1. The Morgan fingerprint density at radius 1 is 1.63 bits per heavy atom. The largest absolute Gasteiger partial charge is 0.360 e. The van der Waals surface area contributed by atoms with E-state index in [2.05, 4.69) is 15.4 Å². The average Bonchev–Trinajstić information content (AvgIpc) is 2.75. The van der Waals surface area contributed by atoms with E-state index in [1.54, 1.807) is 13.0 Å². The molecular formula is C12H21ClN4O2. The van der Waals surface area contributed by atoms with Crippen LogP contribution in [0.2, 0.25) is 0 Å². The number of hydrogen-bond donors (Lipinski definition) is 2. The third-order valence-electron chi connectivity index (χ3n) is 3.26. The lowest BCUT2D eigenvalue weighted by atomic mass is 10.0. The van der Waals surface area contributed by atoms with Crippen molar-refractivity contribution in [1.82, 2.24) is 10.1 Å². The number of nitrogens with two attached hydrogens (primary N) is 1. The predicted octanol–water partition coefficient (Wildman–Crippen LogP) is 1.16. The molecule has 1 atom stereocenters. The fourth-order valence-corrected chi connectivity index (χ4v) is 2.33. The van der Waals surface area contributed by atoms with Crippen LogP contribution in [0.15, 0.2) is 10.6 Å². The summed E-state index contributed by atoms with van der Waals surface area (Å²) in [6.07, 6.45) is 3.40. The van der Waals surface area contributed by atoms with Crippen LogP contribution in [-0.4, -0.2) is 41.6 Å². The van der Waals surface area contributed by atoms with Crippen molar-refractivity contribution >= 4 is 24.1 Å². The second-order valence-corrected chi connectivity index (χ2v) is 4.73. The molecule has 1 aliphatic heterocycles. The van der Waals surface area contributed by atoms with Crippen LogP contribution in [0.3, 0.4) is 0 Å². The molecule has 1 aromatic rings. The summed E-state index contributed by atoms with van der Waals surface area (Å²) in [7, 11) is 0. The van der Waals surface area contributed by atoms with Crippen LogP contribution in [0, 0.1) is 6.92 Å². The van der Waals surface area contributed by atoms with Gasteiger partial charge in [-0.3, -0.25) is 9.69 Å². The molecule has 108 valence electrons. The summed E-state index contributed by atoms with van der Waals surface area (Å²) in [6, 6.07) is 2.03. The van der Waals surface area contributed by atoms with Gasteiger partial charge in [-0.1, -0.05) is 11.6 Å². The molecule has 0 radical (unpaired) electrons. The highest BCUT2D eigenvalue weighted by Crippen LogP contribution is 2.16. The molecule has 1 amide bonds. The van der Waals surface area contributed by atoms with Gasteiger partial charge in [0.15, 0.2) is 5.82 Å². The van der Waals surface area contributed by atoms with Gasteiger partial charge in [-0.2, -0.15) is 0 Å². The van der Waals surface area contributed by atoms with Crippen molar-refractivity contribution in [3.8, 4) is 0 Å². The van der Waals surface area contributed by atoms with Crippen LogP contribution in [0.4, 0.5) is 5.82 Å². The van der Waals surface area contributed by atoms with Crippen molar-refractivity contribution in [2.45, 2.75) is 32.2 Å². The van der Waals surface area contributed by atoms with E-state index >= 15 is 0 Å². The molecule has 0 aromatic carbocycles. The van der Waals surface area contributed by atoms with Gasteiger partial charge in [0.25, 0.3) is 0 Å². The third-order valence-corrected chi connectivity index (χ3v) is 3.26. The predicted molar refractivity (Wildman–Crippen MR) is 75.4 cm³/mol. The summed E-state index contributed by atoms with van der Waals surface area (Å²) in [5, 5.41) is 6.47. The summed E-state index contributed by atoms with van der Waals surface area (Å²) in [6.45, 7) is 3.70. The first-order valence-corrected chi connectivity index (χ1v) is 6.36. The zero-order valence-electron chi connectivity index (χ0n) is 11.1. The third kappa shape index (κ3) is 4.49. The molecule has 19 heavy (non-hydrogen) atoms. The van der Waals surface area contributed by atoms with E-state index in [0.29, 0.717) is 30.7 Å². The molecule has 1 fully saturated rings. The Balaban J connectivity index is 0.00000180. The van der Waals surface area contributed by atoms with Gasteiger partial charge in [-0.25, -0.2) is 0 Å². The summed E-state index contributed by atoms with van der Waals surface area (Å²) >= 11 is 0. The first kappa shape index (κ1) is 15.9. The fraction of sp³-hybridized carbons (Fsp3) is 0.667. The van der Waals surface area contributed by atoms with Crippen LogP contribution < -0.4 is 11.1 Å². The highest BCUT2D eigenvalue weighted by molar-refractivity contribution is 5.91. The van der Waals surface area contributed by atoms with Crippen molar-refractivity contribution in [3.05, 3.63) is 11.8 Å². The number of likely N-dealkylation sites (tertiary alicyclic amines) is 1. The number of carbonyl (C=O) groups excluding carboxylic acids is 1. The van der Waals surface area contributed by atoms with Gasteiger partial charge in [-0.05, 0) is 26.3 Å². The minimum absolute atomic E-state index is 0. The first-order chi connectivity index (χ1) is 8.69. The smallest absolute Gasteiger partial charge is 0.239 e. The molecule has 1 saturated heterocycles. The first-order valence-electron chi connectivity index (χ1n) is 6.36. The van der Waals surface area contributed by atoms with E-state index in [4.69, 9.17) is 10.3 Å². The van der Waals surface area contributed by atoms with E-state index in [9.17, 15) is 4.79 Å². The van der Waals surface area contributed by atoms with E-state index in [0.717, 1.165) is 19.4 Å². The number of rotatable bonds is 4. The maximum Gasteiger partial charge on any atom is 0.239 e. The Bertz CT molecular complexity index is 410. The van der Waals surface area contributed by atoms with Crippen molar-refractivity contribution in [2.24, 2.45) is 5.73 Å². The van der Waals surface area contributed by atoms with E-state index < -0.39 is 0 Å². The molecule has 7 heteroatoms. The lowest BCUT2D eigenvalue weighted by Crippen LogP contribution is -2.47. The second-order valence-electron chi connectivity index (χ2n) is 4.73. The Labute approximate surface area is 119 Å². The zero-order chi connectivity index (χ0) is 13.0. The molecule has 1 unspecified atom stereocenters. The Morgan fingerprint density at radius 2 is 2.42 bits per heavy atom. The van der Waals surface area contributed by atoms with Gasteiger partial charge >= 0.3 is 0 Å². The summed E-state index contributed by atoms with van der Waals surface area (Å²) < 4.78 is 4.90. The van der Waals surface area contributed by atoms with Crippen molar-refractivity contribution < 1.29 is 9.32 Å². The van der Waals surface area contributed by atoms with Crippen molar-refractivity contribution in [3.63, 3.8) is 0 Å². The number of nitrogens with zero attached hydrogens (tertiary/aromatic N) is 2. The van der Waals surface area contributed by atoms with E-state index in [1.807, 2.05) is 0 Å². The second kappa shape index (κ2) is 7.47. The Kier molecular flexibility index (Phi) is 6.27. The van der Waals surface area contributed by atoms with Crippen LogP contribution in [-0.2, 0) is 4.79 Å².